The summed E-state index contributed by atoms with van der Waals surface area (Å²) < 4.78 is 6.30. The van der Waals surface area contributed by atoms with Crippen LogP contribution >= 0.6 is 0 Å². The second-order valence-electron chi connectivity index (χ2n) is 16.0. The number of rotatable bonds is 3. The van der Waals surface area contributed by atoms with Crippen molar-refractivity contribution in [1.82, 2.24) is 0 Å². The minimum Gasteiger partial charge on any atom is -0.481 e. The molecule has 6 fully saturated rings. The zero-order chi connectivity index (χ0) is 26.0. The predicted molar refractivity (Wildman–Crippen MR) is 141 cm³/mol. The molecule has 2 bridgehead atoms. The lowest BCUT2D eigenvalue weighted by Gasteiger charge is -2.74. The Kier molecular flexibility index (Phi) is 5.36. The number of carbonyl (C=O) groups is 1. The van der Waals surface area contributed by atoms with E-state index >= 15 is 0 Å². The third-order valence-electron chi connectivity index (χ3n) is 14.9. The minimum absolute atomic E-state index is 0.147. The number of aliphatic carboxylic acids is 1. The number of aliphatic hydroxyl groups is 1. The monoisotopic (exact) mass is 500 g/mol. The zero-order valence-electron chi connectivity index (χ0n) is 23.9. The SMILES string of the molecule is CCCC1C2(O)CCC3C4(C)CCC5(C)C6CC(C)(C(=O)O)CCC6(C)CCC5(C)C4CCC13CO2. The van der Waals surface area contributed by atoms with Gasteiger partial charge < -0.3 is 14.9 Å². The molecular formula is C32H52O4. The van der Waals surface area contributed by atoms with Crippen molar-refractivity contribution >= 4 is 5.97 Å². The van der Waals surface area contributed by atoms with Crippen LogP contribution in [-0.2, 0) is 9.53 Å². The Balaban J connectivity index is 1.38. The number of fused-ring (bicyclic) bond motifs is 7. The molecule has 1 spiro atoms. The van der Waals surface area contributed by atoms with E-state index in [2.05, 4.69) is 34.6 Å². The zero-order valence-corrected chi connectivity index (χ0v) is 23.9. The minimum atomic E-state index is -0.890. The molecule has 4 nitrogen and oxygen atoms in total. The summed E-state index contributed by atoms with van der Waals surface area (Å²) in [5.41, 5.74) is 0.567. The van der Waals surface area contributed by atoms with Gasteiger partial charge in [-0.05, 0) is 117 Å². The van der Waals surface area contributed by atoms with Gasteiger partial charge in [0.05, 0.1) is 12.0 Å². The Hall–Kier alpha value is -0.610. The molecule has 5 saturated carbocycles. The number of hydrogen-bond acceptors (Lipinski definition) is 3. The van der Waals surface area contributed by atoms with Crippen molar-refractivity contribution in [3.63, 3.8) is 0 Å². The Morgan fingerprint density at radius 2 is 1.47 bits per heavy atom. The number of carboxylic acid groups (broad SMARTS) is 1. The maximum atomic E-state index is 12.4. The lowest BCUT2D eigenvalue weighted by Crippen LogP contribution is -2.68. The van der Waals surface area contributed by atoms with Gasteiger partial charge in [0, 0.05) is 17.8 Å². The lowest BCUT2D eigenvalue weighted by atomic mass is 9.30. The quantitative estimate of drug-likeness (QED) is 0.423. The molecule has 0 radical (unpaired) electrons. The Labute approximate surface area is 219 Å². The average molecular weight is 501 g/mol. The third kappa shape index (κ3) is 2.87. The molecule has 36 heavy (non-hydrogen) atoms. The molecule has 4 heteroatoms. The van der Waals surface area contributed by atoms with Gasteiger partial charge in [0.25, 0.3) is 0 Å². The average Bonchev–Trinajstić information content (AvgIpc) is 2.98. The smallest absolute Gasteiger partial charge is 0.309 e. The van der Waals surface area contributed by atoms with Crippen LogP contribution in [0.5, 0.6) is 0 Å². The fraction of sp³-hybridized carbons (Fsp3) is 0.969. The van der Waals surface area contributed by atoms with Gasteiger partial charge in [-0.2, -0.15) is 0 Å². The molecule has 1 saturated heterocycles. The van der Waals surface area contributed by atoms with Crippen molar-refractivity contribution in [2.24, 2.45) is 56.2 Å². The second-order valence-corrected chi connectivity index (χ2v) is 16.0. The van der Waals surface area contributed by atoms with Crippen LogP contribution in [0.4, 0.5) is 0 Å². The highest BCUT2D eigenvalue weighted by molar-refractivity contribution is 5.74. The van der Waals surface area contributed by atoms with Crippen molar-refractivity contribution in [1.29, 1.82) is 0 Å². The van der Waals surface area contributed by atoms with Gasteiger partial charge in [-0.15, -0.1) is 0 Å². The third-order valence-corrected chi connectivity index (χ3v) is 14.9. The Bertz CT molecular complexity index is 948. The summed E-state index contributed by atoms with van der Waals surface area (Å²) in [6.45, 7) is 15.4. The molecule has 6 aliphatic rings. The summed E-state index contributed by atoms with van der Waals surface area (Å²) in [5, 5.41) is 21.7. The molecule has 1 heterocycles. The van der Waals surface area contributed by atoms with E-state index in [-0.39, 0.29) is 33.0 Å². The molecule has 11 unspecified atom stereocenters. The van der Waals surface area contributed by atoms with Gasteiger partial charge in [0.1, 0.15) is 0 Å². The summed E-state index contributed by atoms with van der Waals surface area (Å²) >= 11 is 0. The Morgan fingerprint density at radius 3 is 2.17 bits per heavy atom. The molecule has 2 N–H and O–H groups in total. The van der Waals surface area contributed by atoms with E-state index < -0.39 is 17.2 Å². The molecule has 0 aromatic rings. The van der Waals surface area contributed by atoms with Crippen molar-refractivity contribution < 1.29 is 19.7 Å². The maximum absolute atomic E-state index is 12.4. The van der Waals surface area contributed by atoms with Gasteiger partial charge in [0.2, 0.25) is 0 Å². The number of carboxylic acids is 1. The van der Waals surface area contributed by atoms with Crippen LogP contribution in [0.2, 0.25) is 0 Å². The van der Waals surface area contributed by atoms with Crippen molar-refractivity contribution in [2.45, 2.75) is 131 Å². The van der Waals surface area contributed by atoms with E-state index in [1.54, 1.807) is 0 Å². The highest BCUT2D eigenvalue weighted by atomic mass is 16.6. The lowest BCUT2D eigenvalue weighted by molar-refractivity contribution is -0.269. The summed E-state index contributed by atoms with van der Waals surface area (Å²) in [6, 6.07) is 0. The van der Waals surface area contributed by atoms with E-state index in [1.807, 2.05) is 6.92 Å². The molecule has 0 aromatic carbocycles. The Morgan fingerprint density at radius 1 is 0.833 bits per heavy atom. The van der Waals surface area contributed by atoms with Crippen LogP contribution in [0.1, 0.15) is 125 Å². The van der Waals surface area contributed by atoms with Gasteiger partial charge in [-0.25, -0.2) is 0 Å². The summed E-state index contributed by atoms with van der Waals surface area (Å²) in [6.07, 6.45) is 14.3. The first-order valence-electron chi connectivity index (χ1n) is 15.3. The largest absolute Gasteiger partial charge is 0.481 e. The van der Waals surface area contributed by atoms with Gasteiger partial charge in [-0.3, -0.25) is 4.79 Å². The maximum Gasteiger partial charge on any atom is 0.309 e. The molecule has 0 amide bonds. The van der Waals surface area contributed by atoms with Crippen LogP contribution < -0.4 is 0 Å². The topological polar surface area (TPSA) is 66.8 Å². The van der Waals surface area contributed by atoms with Gasteiger partial charge in [0.15, 0.2) is 5.79 Å². The standard InChI is InChI=1S/C32H52O4/c1-7-8-23-31-11-9-21-28(4,22(31)10-12-32(23,35)36-20-31)16-18-30(6)24-19-27(3,25(33)34)14-13-26(24,2)15-17-29(21,30)5/h21-24,35H,7-20H2,1-6H3,(H,33,34). The van der Waals surface area contributed by atoms with Crippen LogP contribution in [-0.4, -0.2) is 28.6 Å². The molecule has 1 aliphatic heterocycles. The highest BCUT2D eigenvalue weighted by Crippen LogP contribution is 2.79. The molecule has 11 atom stereocenters. The summed E-state index contributed by atoms with van der Waals surface area (Å²) in [5.74, 6) is 0.608. The van der Waals surface area contributed by atoms with E-state index in [0.717, 1.165) is 51.6 Å². The van der Waals surface area contributed by atoms with Crippen LogP contribution in [0.3, 0.4) is 0 Å². The fourth-order valence-corrected chi connectivity index (χ4v) is 12.5. The predicted octanol–water partition coefficient (Wildman–Crippen LogP) is 7.43. The van der Waals surface area contributed by atoms with Crippen LogP contribution in [0.25, 0.3) is 0 Å². The molecular weight excluding hydrogens is 448 g/mol. The molecule has 6 rings (SSSR count). The highest BCUT2D eigenvalue weighted by Gasteiger charge is 2.74. The summed E-state index contributed by atoms with van der Waals surface area (Å²) in [4.78, 5) is 12.4. The molecule has 5 aliphatic carbocycles. The first kappa shape index (κ1) is 25.7. The van der Waals surface area contributed by atoms with Gasteiger partial charge in [-0.1, -0.05) is 41.0 Å². The molecule has 204 valence electrons. The second kappa shape index (κ2) is 7.52. The number of ether oxygens (including phenoxy) is 1. The van der Waals surface area contributed by atoms with Gasteiger partial charge >= 0.3 is 5.97 Å². The summed E-state index contributed by atoms with van der Waals surface area (Å²) in [7, 11) is 0. The van der Waals surface area contributed by atoms with Crippen LogP contribution in [0.15, 0.2) is 0 Å². The van der Waals surface area contributed by atoms with E-state index in [1.165, 1.54) is 38.5 Å². The van der Waals surface area contributed by atoms with Crippen LogP contribution in [0, 0.1) is 56.2 Å². The first-order chi connectivity index (χ1) is 16.7. The molecule has 0 aromatic heterocycles. The van der Waals surface area contributed by atoms with Crippen molar-refractivity contribution in [3.05, 3.63) is 0 Å². The van der Waals surface area contributed by atoms with E-state index in [9.17, 15) is 15.0 Å². The number of hydrogen-bond donors (Lipinski definition) is 2. The normalized spacial score (nSPS) is 59.9. The van der Waals surface area contributed by atoms with E-state index in [0.29, 0.717) is 17.8 Å². The van der Waals surface area contributed by atoms with E-state index in [4.69, 9.17) is 4.74 Å². The van der Waals surface area contributed by atoms with Crippen molar-refractivity contribution in [3.8, 4) is 0 Å². The van der Waals surface area contributed by atoms with Crippen molar-refractivity contribution in [2.75, 3.05) is 6.61 Å². The first-order valence-corrected chi connectivity index (χ1v) is 15.3. The fourth-order valence-electron chi connectivity index (χ4n) is 12.5.